The molecule has 2 aromatic rings. The van der Waals surface area contributed by atoms with Crippen LogP contribution in [0.5, 0.6) is 0 Å². The summed E-state index contributed by atoms with van der Waals surface area (Å²) in [4.78, 5) is 52.2. The number of esters is 1. The van der Waals surface area contributed by atoms with Crippen molar-refractivity contribution in [3.63, 3.8) is 0 Å². The lowest BCUT2D eigenvalue weighted by Crippen LogP contribution is -2.40. The van der Waals surface area contributed by atoms with Gasteiger partial charge in [0.2, 0.25) is 10.0 Å². The molecular weight excluding hydrogens is 510 g/mol. The molecule has 0 aromatic heterocycles. The Balaban J connectivity index is 1.20. The van der Waals surface area contributed by atoms with Crippen LogP contribution in [0.4, 0.5) is 5.69 Å². The SMILES string of the molecule is O=C(COC(=O)c1ccc2c(c1)C(=O)N(C1CCCCC1)C2=O)Nc1cccc(S(=O)(=O)N2CCCC2)c1. The Labute approximate surface area is 221 Å². The van der Waals surface area contributed by atoms with Gasteiger partial charge in [-0.3, -0.25) is 19.3 Å². The number of carbonyl (C=O) groups is 4. The second-order valence-electron chi connectivity index (χ2n) is 9.80. The van der Waals surface area contributed by atoms with Gasteiger partial charge in [0.25, 0.3) is 17.7 Å². The molecule has 200 valence electrons. The quantitative estimate of drug-likeness (QED) is 0.422. The van der Waals surface area contributed by atoms with Gasteiger partial charge in [-0.1, -0.05) is 25.3 Å². The van der Waals surface area contributed by atoms with Crippen LogP contribution in [0.3, 0.4) is 0 Å². The summed E-state index contributed by atoms with van der Waals surface area (Å²) >= 11 is 0. The second-order valence-corrected chi connectivity index (χ2v) is 11.7. The van der Waals surface area contributed by atoms with E-state index in [1.54, 1.807) is 6.07 Å². The number of benzene rings is 2. The normalized spacial score (nSPS) is 18.5. The molecule has 1 N–H and O–H groups in total. The molecule has 0 atom stereocenters. The van der Waals surface area contributed by atoms with Crippen LogP contribution >= 0.6 is 0 Å². The average molecular weight is 540 g/mol. The number of nitrogens with zero attached hydrogens (tertiary/aromatic N) is 2. The third kappa shape index (κ3) is 5.08. The summed E-state index contributed by atoms with van der Waals surface area (Å²) in [6.07, 6.45) is 6.22. The van der Waals surface area contributed by atoms with Gasteiger partial charge in [0.1, 0.15) is 0 Å². The average Bonchev–Trinajstić information content (AvgIpc) is 3.56. The lowest BCUT2D eigenvalue weighted by atomic mass is 9.94. The predicted molar refractivity (Wildman–Crippen MR) is 137 cm³/mol. The van der Waals surface area contributed by atoms with E-state index in [1.165, 1.54) is 45.6 Å². The maximum absolute atomic E-state index is 13.0. The molecule has 2 heterocycles. The molecule has 0 spiro atoms. The molecule has 0 radical (unpaired) electrons. The van der Waals surface area contributed by atoms with Gasteiger partial charge < -0.3 is 10.1 Å². The number of hydrogen-bond acceptors (Lipinski definition) is 7. The fourth-order valence-electron chi connectivity index (χ4n) is 5.28. The summed E-state index contributed by atoms with van der Waals surface area (Å²) in [7, 11) is -3.64. The minimum absolute atomic E-state index is 0.0573. The molecule has 2 fully saturated rings. The first kappa shape index (κ1) is 26.1. The van der Waals surface area contributed by atoms with Crippen molar-refractivity contribution in [1.82, 2.24) is 9.21 Å². The van der Waals surface area contributed by atoms with Crippen LogP contribution in [0.1, 0.15) is 76.0 Å². The van der Waals surface area contributed by atoms with E-state index in [9.17, 15) is 27.6 Å². The van der Waals surface area contributed by atoms with E-state index in [1.807, 2.05) is 0 Å². The number of nitrogens with one attached hydrogen (secondary N) is 1. The topological polar surface area (TPSA) is 130 Å². The predicted octanol–water partition coefficient (Wildman–Crippen LogP) is 3.20. The number of anilines is 1. The van der Waals surface area contributed by atoms with Crippen molar-refractivity contribution in [2.75, 3.05) is 25.0 Å². The van der Waals surface area contributed by atoms with Gasteiger partial charge in [0.05, 0.1) is 21.6 Å². The van der Waals surface area contributed by atoms with Gasteiger partial charge in [0.15, 0.2) is 6.61 Å². The molecule has 5 rings (SSSR count). The highest BCUT2D eigenvalue weighted by Crippen LogP contribution is 2.31. The highest BCUT2D eigenvalue weighted by atomic mass is 32.2. The third-order valence-corrected chi connectivity index (χ3v) is 9.14. The summed E-state index contributed by atoms with van der Waals surface area (Å²) in [6, 6.07) is 9.98. The van der Waals surface area contributed by atoms with Crippen LogP contribution in [-0.2, 0) is 19.6 Å². The molecule has 3 amide bonds. The van der Waals surface area contributed by atoms with E-state index in [0.29, 0.717) is 13.1 Å². The zero-order chi connectivity index (χ0) is 26.9. The Hall–Kier alpha value is -3.57. The molecule has 38 heavy (non-hydrogen) atoms. The molecule has 2 aromatic carbocycles. The van der Waals surface area contributed by atoms with Crippen molar-refractivity contribution in [1.29, 1.82) is 0 Å². The minimum Gasteiger partial charge on any atom is -0.452 e. The largest absolute Gasteiger partial charge is 0.452 e. The zero-order valence-electron chi connectivity index (χ0n) is 20.9. The van der Waals surface area contributed by atoms with Crippen molar-refractivity contribution < 1.29 is 32.3 Å². The van der Waals surface area contributed by atoms with E-state index in [4.69, 9.17) is 4.74 Å². The molecule has 3 aliphatic rings. The monoisotopic (exact) mass is 539 g/mol. The van der Waals surface area contributed by atoms with E-state index in [0.717, 1.165) is 44.9 Å². The molecule has 11 heteroatoms. The Kier molecular flexibility index (Phi) is 7.31. The van der Waals surface area contributed by atoms with Crippen LogP contribution in [0, 0.1) is 0 Å². The van der Waals surface area contributed by atoms with Crippen molar-refractivity contribution >= 4 is 39.4 Å². The summed E-state index contributed by atoms with van der Waals surface area (Å²) in [6.45, 7) is 0.325. The van der Waals surface area contributed by atoms with Crippen LogP contribution in [0.25, 0.3) is 0 Å². The third-order valence-electron chi connectivity index (χ3n) is 7.25. The molecular formula is C27H29N3O7S. The highest BCUT2D eigenvalue weighted by molar-refractivity contribution is 7.89. The molecule has 0 unspecified atom stereocenters. The number of hydrogen-bond donors (Lipinski definition) is 1. The first-order valence-corrected chi connectivity index (χ1v) is 14.3. The molecule has 1 saturated heterocycles. The van der Waals surface area contributed by atoms with E-state index < -0.39 is 34.4 Å². The van der Waals surface area contributed by atoms with Gasteiger partial charge in [0, 0.05) is 24.8 Å². The fraction of sp³-hybridized carbons (Fsp3) is 0.407. The number of sulfonamides is 1. The summed E-state index contributed by atoms with van der Waals surface area (Å²) in [5.41, 5.74) is 0.742. The number of fused-ring (bicyclic) bond motifs is 1. The van der Waals surface area contributed by atoms with E-state index in [2.05, 4.69) is 5.32 Å². The first-order chi connectivity index (χ1) is 18.3. The Morgan fingerprint density at radius 1 is 0.895 bits per heavy atom. The number of ether oxygens (including phenoxy) is 1. The standard InChI is InChI=1S/C27H29N3O7S/c31-24(28-19-7-6-10-21(16-19)38(35,36)29-13-4-5-14-29)17-37-27(34)18-11-12-22-23(15-18)26(33)30(25(22)32)20-8-2-1-3-9-20/h6-7,10-12,15-16,20H,1-5,8-9,13-14,17H2,(H,28,31). The van der Waals surface area contributed by atoms with Crippen molar-refractivity contribution in [3.8, 4) is 0 Å². The first-order valence-electron chi connectivity index (χ1n) is 12.8. The Morgan fingerprint density at radius 2 is 1.61 bits per heavy atom. The number of amides is 3. The molecule has 1 saturated carbocycles. The van der Waals surface area contributed by atoms with Gasteiger partial charge in [-0.25, -0.2) is 13.2 Å². The second kappa shape index (κ2) is 10.7. The molecule has 1 aliphatic carbocycles. The molecule has 0 bridgehead atoms. The van der Waals surface area contributed by atoms with Gasteiger partial charge in [-0.05, 0) is 62.1 Å². The van der Waals surface area contributed by atoms with E-state index >= 15 is 0 Å². The van der Waals surface area contributed by atoms with Gasteiger partial charge in [-0.15, -0.1) is 0 Å². The van der Waals surface area contributed by atoms with Crippen LogP contribution < -0.4 is 5.32 Å². The van der Waals surface area contributed by atoms with Crippen LogP contribution in [0.15, 0.2) is 47.4 Å². The van der Waals surface area contributed by atoms with Crippen molar-refractivity contribution in [3.05, 3.63) is 59.2 Å². The lowest BCUT2D eigenvalue weighted by Gasteiger charge is -2.29. The summed E-state index contributed by atoms with van der Waals surface area (Å²) in [5, 5.41) is 2.54. The number of rotatable bonds is 7. The van der Waals surface area contributed by atoms with Crippen LogP contribution in [0.2, 0.25) is 0 Å². The number of imide groups is 1. The maximum Gasteiger partial charge on any atom is 0.338 e. The van der Waals surface area contributed by atoms with Crippen molar-refractivity contribution in [2.45, 2.75) is 55.9 Å². The molecule has 10 nitrogen and oxygen atoms in total. The maximum atomic E-state index is 13.0. The van der Waals surface area contributed by atoms with E-state index in [-0.39, 0.29) is 39.2 Å². The zero-order valence-corrected chi connectivity index (χ0v) is 21.7. The lowest BCUT2D eigenvalue weighted by molar-refractivity contribution is -0.119. The van der Waals surface area contributed by atoms with Crippen LogP contribution in [-0.4, -0.2) is 67.1 Å². The minimum atomic E-state index is -3.64. The highest BCUT2D eigenvalue weighted by Gasteiger charge is 2.40. The Bertz CT molecular complexity index is 1390. The van der Waals surface area contributed by atoms with Gasteiger partial charge >= 0.3 is 5.97 Å². The molecule has 2 aliphatic heterocycles. The fourth-order valence-corrected chi connectivity index (χ4v) is 6.84. The Morgan fingerprint density at radius 3 is 2.34 bits per heavy atom. The number of carbonyl (C=O) groups excluding carboxylic acids is 4. The van der Waals surface area contributed by atoms with Crippen molar-refractivity contribution in [2.24, 2.45) is 0 Å². The smallest absolute Gasteiger partial charge is 0.338 e. The summed E-state index contributed by atoms with van der Waals surface area (Å²) < 4.78 is 32.1. The summed E-state index contributed by atoms with van der Waals surface area (Å²) in [5.74, 6) is -2.21. The van der Waals surface area contributed by atoms with Gasteiger partial charge in [-0.2, -0.15) is 4.31 Å².